The van der Waals surface area contributed by atoms with Gasteiger partial charge in [0.1, 0.15) is 0 Å². The first-order valence-corrected chi connectivity index (χ1v) is 13.5. The number of nitrogens with one attached hydrogen (secondary N) is 2. The van der Waals surface area contributed by atoms with Crippen LogP contribution in [0.2, 0.25) is 10.0 Å². The Hall–Kier alpha value is -2.62. The molecule has 2 heterocycles. The van der Waals surface area contributed by atoms with Crippen LogP contribution in [-0.4, -0.2) is 59.4 Å². The monoisotopic (exact) mass is 551 g/mol. The zero-order valence-electron chi connectivity index (χ0n) is 19.5. The van der Waals surface area contributed by atoms with E-state index in [1.807, 2.05) is 17.5 Å². The maximum Gasteiger partial charge on any atom is 0.304 e. The number of amides is 3. The Balaban J connectivity index is 1.28. The minimum absolute atomic E-state index is 0.000654. The largest absolute Gasteiger partial charge is 0.481 e. The summed E-state index contributed by atoms with van der Waals surface area (Å²) in [5.41, 5.74) is 0.668. The van der Waals surface area contributed by atoms with E-state index in [-0.39, 0.29) is 36.7 Å². The predicted octanol–water partition coefficient (Wildman–Crippen LogP) is 3.95. The van der Waals surface area contributed by atoms with Crippen molar-refractivity contribution in [3.05, 3.63) is 39.2 Å². The number of piperidine rings is 1. The third-order valence-electron chi connectivity index (χ3n) is 6.47. The zero-order chi connectivity index (χ0) is 25.8. The van der Waals surface area contributed by atoms with E-state index in [9.17, 15) is 19.2 Å². The summed E-state index contributed by atoms with van der Waals surface area (Å²) >= 11 is 14.2. The normalized spacial score (nSPS) is 17.3. The molecule has 1 atom stereocenters. The number of carboxylic acids is 1. The van der Waals surface area contributed by atoms with Gasteiger partial charge >= 0.3 is 5.97 Å². The molecule has 2 aliphatic rings. The summed E-state index contributed by atoms with van der Waals surface area (Å²) in [6.45, 7) is 0.904. The Labute approximate surface area is 222 Å². The van der Waals surface area contributed by atoms with Crippen molar-refractivity contribution in [2.45, 2.75) is 38.1 Å². The molecule has 1 saturated carbocycles. The molecule has 0 spiro atoms. The van der Waals surface area contributed by atoms with Crippen molar-refractivity contribution in [1.29, 1.82) is 0 Å². The molecule has 0 radical (unpaired) electrons. The Morgan fingerprint density at radius 3 is 2.53 bits per heavy atom. The number of aliphatic carboxylic acids is 1. The molecule has 8 nitrogen and oxygen atoms in total. The Bertz CT molecular complexity index is 1200. The van der Waals surface area contributed by atoms with Crippen LogP contribution in [0.4, 0.5) is 0 Å². The van der Waals surface area contributed by atoms with Crippen LogP contribution in [0.5, 0.6) is 0 Å². The third-order valence-corrected chi connectivity index (χ3v) is 8.41. The van der Waals surface area contributed by atoms with Crippen LogP contribution in [0.25, 0.3) is 16.2 Å². The van der Waals surface area contributed by atoms with E-state index in [2.05, 4.69) is 10.6 Å². The standard InChI is InChI=1S/C25H27Cl2N3O5S/c26-21-15(11-16-7-10-36-23(16)22(21)27)3-4-19(31)30-8-5-18(6-9-30)29-25(35)17(12-20(32)33)13-28-24(34)14-1-2-14/h3-4,7,10-11,14,17-18H,1-2,5-6,8-9,12-13H2,(H,28,34)(H,29,35)(H,32,33). The molecule has 1 unspecified atom stereocenters. The lowest BCUT2D eigenvalue weighted by atomic mass is 10.0. The first-order valence-electron chi connectivity index (χ1n) is 11.8. The van der Waals surface area contributed by atoms with Crippen molar-refractivity contribution in [2.75, 3.05) is 19.6 Å². The van der Waals surface area contributed by atoms with E-state index in [1.54, 1.807) is 11.0 Å². The number of carbonyl (C=O) groups excluding carboxylic acids is 3. The van der Waals surface area contributed by atoms with Crippen molar-refractivity contribution >= 4 is 74.4 Å². The van der Waals surface area contributed by atoms with Gasteiger partial charge < -0.3 is 20.6 Å². The van der Waals surface area contributed by atoms with Crippen LogP contribution in [0.15, 0.2) is 23.6 Å². The smallest absolute Gasteiger partial charge is 0.304 e. The van der Waals surface area contributed by atoms with Gasteiger partial charge in [0.25, 0.3) is 0 Å². The molecule has 192 valence electrons. The van der Waals surface area contributed by atoms with E-state index in [0.717, 1.165) is 22.9 Å². The van der Waals surface area contributed by atoms with Crippen LogP contribution in [-0.2, 0) is 19.2 Å². The Morgan fingerprint density at radius 2 is 1.86 bits per heavy atom. The lowest BCUT2D eigenvalue weighted by Crippen LogP contribution is -2.49. The molecular formula is C25H27Cl2N3O5S. The molecule has 3 amide bonds. The molecule has 11 heteroatoms. The highest BCUT2D eigenvalue weighted by Crippen LogP contribution is 2.37. The van der Waals surface area contributed by atoms with Gasteiger partial charge in [0.2, 0.25) is 17.7 Å². The van der Waals surface area contributed by atoms with E-state index < -0.39 is 17.8 Å². The number of halogens is 2. The van der Waals surface area contributed by atoms with Gasteiger partial charge in [0.15, 0.2) is 0 Å². The second-order valence-electron chi connectivity index (χ2n) is 9.19. The summed E-state index contributed by atoms with van der Waals surface area (Å²) in [6, 6.07) is 3.67. The number of benzene rings is 1. The molecule has 1 saturated heterocycles. The van der Waals surface area contributed by atoms with E-state index in [0.29, 0.717) is 41.5 Å². The van der Waals surface area contributed by atoms with Crippen molar-refractivity contribution in [3.63, 3.8) is 0 Å². The number of hydrogen-bond acceptors (Lipinski definition) is 5. The summed E-state index contributed by atoms with van der Waals surface area (Å²) in [4.78, 5) is 50.2. The van der Waals surface area contributed by atoms with Crippen LogP contribution < -0.4 is 10.6 Å². The summed E-state index contributed by atoms with van der Waals surface area (Å²) < 4.78 is 0.908. The van der Waals surface area contributed by atoms with Gasteiger partial charge in [-0.25, -0.2) is 0 Å². The number of carbonyl (C=O) groups is 4. The molecule has 36 heavy (non-hydrogen) atoms. The molecule has 4 rings (SSSR count). The topological polar surface area (TPSA) is 116 Å². The van der Waals surface area contributed by atoms with Crippen molar-refractivity contribution in [3.8, 4) is 0 Å². The zero-order valence-corrected chi connectivity index (χ0v) is 21.8. The average molecular weight is 552 g/mol. The molecule has 1 aromatic carbocycles. The molecule has 3 N–H and O–H groups in total. The number of thiophene rings is 1. The summed E-state index contributed by atoms with van der Waals surface area (Å²) in [5, 5.41) is 18.5. The quantitative estimate of drug-likeness (QED) is 0.408. The molecule has 1 aliphatic heterocycles. The third kappa shape index (κ3) is 6.57. The fourth-order valence-electron chi connectivity index (χ4n) is 4.20. The molecule has 2 aromatic rings. The molecule has 2 fully saturated rings. The van der Waals surface area contributed by atoms with Gasteiger partial charge in [0, 0.05) is 37.7 Å². The first-order chi connectivity index (χ1) is 17.2. The molecular weight excluding hydrogens is 525 g/mol. The highest BCUT2D eigenvalue weighted by atomic mass is 35.5. The molecule has 0 bridgehead atoms. The average Bonchev–Trinajstić information content (AvgIpc) is 3.60. The molecule has 1 aromatic heterocycles. The minimum Gasteiger partial charge on any atom is -0.481 e. The van der Waals surface area contributed by atoms with Crippen LogP contribution in [0, 0.1) is 11.8 Å². The van der Waals surface area contributed by atoms with Gasteiger partial charge in [-0.1, -0.05) is 23.2 Å². The van der Waals surface area contributed by atoms with Crippen LogP contribution >= 0.6 is 34.5 Å². The highest BCUT2D eigenvalue weighted by Gasteiger charge is 2.32. The summed E-state index contributed by atoms with van der Waals surface area (Å²) in [5.74, 6) is -2.64. The lowest BCUT2D eigenvalue weighted by molar-refractivity contribution is -0.141. The van der Waals surface area contributed by atoms with Crippen molar-refractivity contribution in [2.24, 2.45) is 11.8 Å². The van der Waals surface area contributed by atoms with Gasteiger partial charge in [-0.15, -0.1) is 11.3 Å². The van der Waals surface area contributed by atoms with Gasteiger partial charge in [-0.2, -0.15) is 0 Å². The maximum atomic E-state index is 12.7. The minimum atomic E-state index is -1.09. The lowest BCUT2D eigenvalue weighted by Gasteiger charge is -2.32. The highest BCUT2D eigenvalue weighted by molar-refractivity contribution is 7.18. The van der Waals surface area contributed by atoms with E-state index >= 15 is 0 Å². The van der Waals surface area contributed by atoms with Gasteiger partial charge in [0.05, 0.1) is 27.1 Å². The number of fused-ring (bicyclic) bond motifs is 1. The van der Waals surface area contributed by atoms with Crippen molar-refractivity contribution < 1.29 is 24.3 Å². The number of hydrogen-bond donors (Lipinski definition) is 3. The first kappa shape index (κ1) is 26.4. The SMILES string of the molecule is O=C(O)CC(CNC(=O)C1CC1)C(=O)NC1CCN(C(=O)C=Cc2cc3ccsc3c(Cl)c2Cl)CC1. The second kappa shape index (κ2) is 11.6. The maximum absolute atomic E-state index is 12.7. The fraction of sp³-hybridized carbons (Fsp3) is 0.440. The Morgan fingerprint density at radius 1 is 1.14 bits per heavy atom. The van der Waals surface area contributed by atoms with E-state index in [4.69, 9.17) is 28.3 Å². The molecule has 1 aliphatic carbocycles. The van der Waals surface area contributed by atoms with Crippen molar-refractivity contribution in [1.82, 2.24) is 15.5 Å². The van der Waals surface area contributed by atoms with E-state index in [1.165, 1.54) is 17.4 Å². The van der Waals surface area contributed by atoms with Gasteiger partial charge in [-0.3, -0.25) is 19.2 Å². The Kier molecular flexibility index (Phi) is 8.54. The van der Waals surface area contributed by atoms with Crippen LogP contribution in [0.3, 0.4) is 0 Å². The summed E-state index contributed by atoms with van der Waals surface area (Å²) in [7, 11) is 0. The predicted molar refractivity (Wildman–Crippen MR) is 140 cm³/mol. The van der Waals surface area contributed by atoms with Gasteiger partial charge in [-0.05, 0) is 60.2 Å². The summed E-state index contributed by atoms with van der Waals surface area (Å²) in [6.07, 6.45) is 5.54. The van der Waals surface area contributed by atoms with Crippen LogP contribution in [0.1, 0.15) is 37.7 Å². The second-order valence-corrected chi connectivity index (χ2v) is 10.9. The number of carboxylic acid groups (broad SMARTS) is 1. The number of nitrogens with zero attached hydrogens (tertiary/aromatic N) is 1. The fourth-order valence-corrected chi connectivity index (χ4v) is 5.64. The number of rotatable bonds is 9. The number of likely N-dealkylation sites (tertiary alicyclic amines) is 1.